The van der Waals surface area contributed by atoms with E-state index in [1.165, 1.54) is 24.3 Å². The van der Waals surface area contributed by atoms with Crippen LogP contribution in [0.15, 0.2) is 94.3 Å². The van der Waals surface area contributed by atoms with Crippen LogP contribution in [0.2, 0.25) is 0 Å². The molecule has 0 fully saturated rings. The molecule has 0 bridgehead atoms. The van der Waals surface area contributed by atoms with Crippen LogP contribution in [-0.2, 0) is 19.3 Å². The number of nitrogens with one attached hydrogen (secondary N) is 1. The lowest BCUT2D eigenvalue weighted by Gasteiger charge is -2.43. The van der Waals surface area contributed by atoms with Crippen LogP contribution < -0.4 is 20.7 Å². The van der Waals surface area contributed by atoms with E-state index in [0.29, 0.717) is 17.2 Å². The molecule has 10 nitrogen and oxygen atoms in total. The highest BCUT2D eigenvalue weighted by Crippen LogP contribution is 2.66. The standard InChI is InChI=1S/C40H38F4N6O4S/c1-49(2)25-10-13-28-32(17-25)55(5,6)33-18-26(50(3)4)11-14-29(33)36(28)30-16-23(9-12-27(30)38(52)53)37(51)46-20-24-8-7-22(15-31(24)41)21-54-35-19-34(40(42,43)44)47-39(45)48-35/h7-19H,20-21H2,1-6H3,(H3-,45,46,47,48,51,52,53)/p+1. The number of carbonyl (C=O) groups is 2. The highest BCUT2D eigenvalue weighted by atomic mass is 32.3. The minimum atomic E-state index is -4.76. The Morgan fingerprint density at radius 3 is 2.38 bits per heavy atom. The van der Waals surface area contributed by atoms with Gasteiger partial charge in [0.25, 0.3) is 5.91 Å². The highest BCUT2D eigenvalue weighted by molar-refractivity contribution is 8.36. The van der Waals surface area contributed by atoms with Crippen molar-refractivity contribution in [2.24, 2.45) is 0 Å². The van der Waals surface area contributed by atoms with Crippen LogP contribution in [0.1, 0.15) is 48.7 Å². The Balaban J connectivity index is 1.30. The van der Waals surface area contributed by atoms with Crippen LogP contribution in [0.5, 0.6) is 5.88 Å². The van der Waals surface area contributed by atoms with Gasteiger partial charge in [-0.2, -0.15) is 28.2 Å². The van der Waals surface area contributed by atoms with E-state index in [9.17, 15) is 27.9 Å². The van der Waals surface area contributed by atoms with E-state index in [-0.39, 0.29) is 35.4 Å². The molecule has 1 aliphatic heterocycles. The quantitative estimate of drug-likeness (QED) is 0.124. The van der Waals surface area contributed by atoms with Gasteiger partial charge in [-0.25, -0.2) is 18.7 Å². The van der Waals surface area contributed by atoms with E-state index >= 15 is 4.39 Å². The van der Waals surface area contributed by atoms with Crippen molar-refractivity contribution in [2.45, 2.75) is 24.2 Å². The Kier molecular flexibility index (Phi) is 10.4. The lowest BCUT2D eigenvalue weighted by atomic mass is 9.86. The fourth-order valence-electron chi connectivity index (χ4n) is 6.39. The molecule has 0 radical (unpaired) electrons. The van der Waals surface area contributed by atoms with Crippen molar-refractivity contribution in [1.82, 2.24) is 15.3 Å². The van der Waals surface area contributed by atoms with Crippen molar-refractivity contribution in [3.63, 3.8) is 0 Å². The first-order valence-electron chi connectivity index (χ1n) is 16.9. The number of hydrogen-bond donors (Lipinski definition) is 3. The third kappa shape index (κ3) is 7.83. The molecule has 2 aliphatic rings. The zero-order chi connectivity index (χ0) is 40.0. The van der Waals surface area contributed by atoms with Gasteiger partial charge in [0.15, 0.2) is 5.69 Å². The monoisotopic (exact) mass is 775 g/mol. The number of carboxylic acid groups (broad SMARTS) is 1. The SMILES string of the molecule is CN(C)c1ccc2c(c1)S(C)(C)C1=CC(=[N+](C)C)C=CC1=C2c1cc(C(=O)NCc2ccc(COc3cc(C(F)(F)F)nc(N)n3)cc2F)ccc1C(=O)O. The van der Waals surface area contributed by atoms with Crippen molar-refractivity contribution >= 4 is 44.8 Å². The van der Waals surface area contributed by atoms with Crippen LogP contribution in [-0.4, -0.2) is 77.9 Å². The van der Waals surface area contributed by atoms with Gasteiger partial charge in [-0.3, -0.25) is 4.79 Å². The predicted molar refractivity (Wildman–Crippen MR) is 206 cm³/mol. The van der Waals surface area contributed by atoms with Gasteiger partial charge in [-0.1, -0.05) is 18.2 Å². The van der Waals surface area contributed by atoms with E-state index in [2.05, 4.69) is 39.9 Å². The van der Waals surface area contributed by atoms with Crippen LogP contribution in [0.3, 0.4) is 0 Å². The second-order valence-electron chi connectivity index (χ2n) is 13.8. The number of carboxylic acids is 1. The number of nitrogens with zero attached hydrogens (tertiary/aromatic N) is 4. The molecule has 1 aliphatic carbocycles. The van der Waals surface area contributed by atoms with Crippen molar-refractivity contribution in [1.29, 1.82) is 0 Å². The van der Waals surface area contributed by atoms with Crippen molar-refractivity contribution in [2.75, 3.05) is 51.3 Å². The first-order valence-corrected chi connectivity index (χ1v) is 19.3. The second kappa shape index (κ2) is 14.7. The van der Waals surface area contributed by atoms with Gasteiger partial charge in [0.1, 0.15) is 26.5 Å². The fourth-order valence-corrected chi connectivity index (χ4v) is 8.90. The average Bonchev–Trinajstić information content (AvgIpc) is 3.12. The Bertz CT molecular complexity index is 2380. The number of allylic oxidation sites excluding steroid dienone is 4. The first kappa shape index (κ1) is 38.8. The maximum Gasteiger partial charge on any atom is 0.433 e. The number of fused-ring (bicyclic) bond motifs is 2. The Labute approximate surface area is 316 Å². The summed E-state index contributed by atoms with van der Waals surface area (Å²) in [6.45, 7) is -0.522. The molecule has 4 N–H and O–H groups in total. The molecule has 55 heavy (non-hydrogen) atoms. The summed E-state index contributed by atoms with van der Waals surface area (Å²) in [5.41, 5.74) is 9.56. The summed E-state index contributed by atoms with van der Waals surface area (Å²) in [5.74, 6) is -3.45. The smallest absolute Gasteiger partial charge is 0.433 e. The largest absolute Gasteiger partial charge is 0.478 e. The number of aromatic carboxylic acids is 1. The van der Waals surface area contributed by atoms with E-state index in [1.54, 1.807) is 6.07 Å². The topological polar surface area (TPSA) is 134 Å². The summed E-state index contributed by atoms with van der Waals surface area (Å²) in [4.78, 5) is 37.3. The molecule has 1 aromatic heterocycles. The Morgan fingerprint density at radius 2 is 1.73 bits per heavy atom. The van der Waals surface area contributed by atoms with E-state index in [1.807, 2.05) is 62.0 Å². The maximum atomic E-state index is 15.2. The van der Waals surface area contributed by atoms with Crippen LogP contribution in [0.4, 0.5) is 29.2 Å². The number of benzene rings is 3. The lowest BCUT2D eigenvalue weighted by molar-refractivity contribution is -0.462. The van der Waals surface area contributed by atoms with Gasteiger partial charge in [-0.05, 0) is 82.8 Å². The van der Waals surface area contributed by atoms with Gasteiger partial charge in [0.2, 0.25) is 17.5 Å². The molecule has 1 amide bonds. The van der Waals surface area contributed by atoms with Crippen LogP contribution in [0, 0.1) is 5.82 Å². The lowest BCUT2D eigenvalue weighted by Crippen LogP contribution is -2.24. The molecule has 6 rings (SSSR count). The van der Waals surface area contributed by atoms with E-state index in [0.717, 1.165) is 38.4 Å². The predicted octanol–water partition coefficient (Wildman–Crippen LogP) is 6.90. The number of nitrogens with two attached hydrogens (primary N) is 1. The summed E-state index contributed by atoms with van der Waals surface area (Å²) in [7, 11) is 6.27. The zero-order valence-electron chi connectivity index (χ0n) is 30.9. The number of anilines is 2. The fraction of sp³-hybridized carbons (Fsp3) is 0.225. The van der Waals surface area contributed by atoms with E-state index in [4.69, 9.17) is 10.5 Å². The molecule has 15 heteroatoms. The highest BCUT2D eigenvalue weighted by Gasteiger charge is 2.37. The van der Waals surface area contributed by atoms with Crippen molar-refractivity contribution < 1.29 is 41.6 Å². The van der Waals surface area contributed by atoms with Crippen LogP contribution >= 0.6 is 10.0 Å². The minimum absolute atomic E-state index is 0.0228. The molecule has 0 spiro atoms. The van der Waals surface area contributed by atoms with Gasteiger partial charge >= 0.3 is 12.1 Å². The molecular formula is C40H39F4N6O4S+. The molecule has 4 aromatic rings. The Morgan fingerprint density at radius 1 is 0.982 bits per heavy atom. The molecule has 0 saturated heterocycles. The molecule has 0 atom stereocenters. The minimum Gasteiger partial charge on any atom is -0.478 e. The maximum absolute atomic E-state index is 15.2. The summed E-state index contributed by atoms with van der Waals surface area (Å²) >= 11 is 0. The zero-order valence-corrected chi connectivity index (χ0v) is 31.7. The summed E-state index contributed by atoms with van der Waals surface area (Å²) in [5, 5.41) is 13.1. The molecule has 0 unspecified atom stereocenters. The third-order valence-corrected chi connectivity index (χ3v) is 12.2. The van der Waals surface area contributed by atoms with Gasteiger partial charge in [-0.15, -0.1) is 0 Å². The van der Waals surface area contributed by atoms with Gasteiger partial charge in [0, 0.05) is 65.5 Å². The first-order chi connectivity index (χ1) is 25.8. The summed E-state index contributed by atoms with van der Waals surface area (Å²) < 4.78 is 61.8. The van der Waals surface area contributed by atoms with Crippen LogP contribution in [0.25, 0.3) is 5.57 Å². The average molecular weight is 776 g/mol. The van der Waals surface area contributed by atoms with Gasteiger partial charge < -0.3 is 25.8 Å². The van der Waals surface area contributed by atoms with E-state index < -0.39 is 51.4 Å². The third-order valence-electron chi connectivity index (χ3n) is 9.34. The van der Waals surface area contributed by atoms with Crippen molar-refractivity contribution in [3.8, 4) is 5.88 Å². The molecule has 2 heterocycles. The molecule has 3 aromatic carbocycles. The number of ether oxygens (including phenoxy) is 1. The number of amides is 1. The Hall–Kier alpha value is -5.96. The molecular weight excluding hydrogens is 737 g/mol. The van der Waals surface area contributed by atoms with Crippen molar-refractivity contribution in [3.05, 3.63) is 134 Å². The summed E-state index contributed by atoms with van der Waals surface area (Å²) in [6.07, 6.45) is 5.84. The number of nitrogen functional groups attached to an aromatic ring is 1. The number of alkyl halides is 3. The van der Waals surface area contributed by atoms with Gasteiger partial charge in [0.05, 0.1) is 5.56 Å². The normalized spacial score (nSPS) is 15.1. The molecule has 286 valence electrons. The number of carbonyl (C=O) groups excluding carboxylic acids is 1. The number of aromatic nitrogens is 2. The number of rotatable bonds is 9. The summed E-state index contributed by atoms with van der Waals surface area (Å²) in [6, 6.07) is 15.2. The second-order valence-corrected chi connectivity index (χ2v) is 17.3. The number of halogens is 4. The molecule has 0 saturated carbocycles. The number of hydrogen-bond acceptors (Lipinski definition) is 7.